The van der Waals surface area contributed by atoms with Crippen LogP contribution in [0.2, 0.25) is 0 Å². The van der Waals surface area contributed by atoms with Crippen LogP contribution >= 0.6 is 63.0 Å². The maximum Gasteiger partial charge on any atom is 0.296 e. The van der Waals surface area contributed by atoms with Crippen LogP contribution in [-0.4, -0.2) is 33.0 Å². The summed E-state index contributed by atoms with van der Waals surface area (Å²) >= 11 is 26.4. The fourth-order valence-corrected chi connectivity index (χ4v) is 3.08. The molecule has 30 heavy (non-hydrogen) atoms. The summed E-state index contributed by atoms with van der Waals surface area (Å²) in [6, 6.07) is 10.8. The standard InChI is InChI=1S/C17H14BrCl3N4O4S/c1-29-12-4-2-3-11(25(27)28)13(12)22-16(30)24-15(17(19,20)21)23-14(26)9-5-7-10(18)8-6-9/h2-8,15H,1H3,(H,23,26)(H2,22,24,30)/t15-/m1/s1. The van der Waals surface area contributed by atoms with E-state index in [9.17, 15) is 14.9 Å². The van der Waals surface area contributed by atoms with E-state index in [1.807, 2.05) is 0 Å². The van der Waals surface area contributed by atoms with Gasteiger partial charge in [-0.25, -0.2) is 0 Å². The molecular formula is C17H14BrCl3N4O4S. The number of alkyl halides is 3. The van der Waals surface area contributed by atoms with Crippen molar-refractivity contribution in [3.63, 3.8) is 0 Å². The van der Waals surface area contributed by atoms with Gasteiger partial charge in [0.2, 0.25) is 3.79 Å². The molecule has 13 heteroatoms. The normalized spacial score (nSPS) is 11.9. The predicted octanol–water partition coefficient (Wildman–Crippen LogP) is 4.78. The van der Waals surface area contributed by atoms with Gasteiger partial charge in [-0.1, -0.05) is 56.8 Å². The van der Waals surface area contributed by atoms with Gasteiger partial charge in [-0.2, -0.15) is 0 Å². The van der Waals surface area contributed by atoms with Gasteiger partial charge >= 0.3 is 0 Å². The van der Waals surface area contributed by atoms with Crippen LogP contribution in [0, 0.1) is 10.1 Å². The third-order valence-electron chi connectivity index (χ3n) is 3.64. The number of amides is 1. The number of para-hydroxylation sites is 1. The summed E-state index contributed by atoms with van der Waals surface area (Å²) in [5.74, 6) is -0.352. The molecule has 1 amide bonds. The maximum absolute atomic E-state index is 12.5. The van der Waals surface area contributed by atoms with Crippen molar-refractivity contribution in [1.82, 2.24) is 10.6 Å². The molecule has 8 nitrogen and oxygen atoms in total. The molecule has 0 saturated heterocycles. The van der Waals surface area contributed by atoms with Crippen molar-refractivity contribution in [2.75, 3.05) is 12.4 Å². The van der Waals surface area contributed by atoms with E-state index in [-0.39, 0.29) is 22.2 Å². The molecule has 0 aromatic heterocycles. The zero-order chi connectivity index (χ0) is 22.5. The van der Waals surface area contributed by atoms with Gasteiger partial charge in [0.05, 0.1) is 12.0 Å². The number of nitrogens with one attached hydrogen (secondary N) is 3. The summed E-state index contributed by atoms with van der Waals surface area (Å²) in [6.45, 7) is 0. The summed E-state index contributed by atoms with van der Waals surface area (Å²) in [6.07, 6.45) is -1.26. The summed E-state index contributed by atoms with van der Waals surface area (Å²) < 4.78 is 3.93. The molecule has 0 spiro atoms. The van der Waals surface area contributed by atoms with E-state index in [2.05, 4.69) is 31.9 Å². The Hall–Kier alpha value is -1.85. The van der Waals surface area contributed by atoms with Crippen molar-refractivity contribution in [3.05, 3.63) is 62.6 Å². The maximum atomic E-state index is 12.5. The fraction of sp³-hybridized carbons (Fsp3) is 0.176. The van der Waals surface area contributed by atoms with E-state index < -0.39 is 20.8 Å². The molecule has 0 unspecified atom stereocenters. The lowest BCUT2D eigenvalue weighted by Gasteiger charge is -2.28. The number of nitro benzene ring substituents is 1. The number of nitro groups is 1. The van der Waals surface area contributed by atoms with Crippen molar-refractivity contribution in [2.45, 2.75) is 9.96 Å². The van der Waals surface area contributed by atoms with Crippen LogP contribution in [-0.2, 0) is 0 Å². The lowest BCUT2D eigenvalue weighted by Crippen LogP contribution is -2.56. The number of ether oxygens (including phenoxy) is 1. The topological polar surface area (TPSA) is 106 Å². The molecule has 0 saturated carbocycles. The van der Waals surface area contributed by atoms with Crippen LogP contribution in [0.25, 0.3) is 0 Å². The first-order valence-corrected chi connectivity index (χ1v) is 10.4. The van der Waals surface area contributed by atoms with Gasteiger partial charge in [0.1, 0.15) is 11.9 Å². The van der Waals surface area contributed by atoms with E-state index in [0.29, 0.717) is 5.56 Å². The average molecular weight is 557 g/mol. The third-order valence-corrected chi connectivity index (χ3v) is 5.05. The van der Waals surface area contributed by atoms with E-state index in [1.54, 1.807) is 24.3 Å². The SMILES string of the molecule is COc1cccc([N+](=O)[O-])c1NC(=S)N[C@@H](NC(=O)c1ccc(Br)cc1)C(Cl)(Cl)Cl. The number of methoxy groups -OCH3 is 1. The highest BCUT2D eigenvalue weighted by molar-refractivity contribution is 9.10. The molecule has 0 fully saturated rings. The quantitative estimate of drug-likeness (QED) is 0.155. The largest absolute Gasteiger partial charge is 0.494 e. The van der Waals surface area contributed by atoms with Gasteiger partial charge < -0.3 is 20.7 Å². The van der Waals surface area contributed by atoms with Crippen molar-refractivity contribution >= 4 is 85.3 Å². The minimum Gasteiger partial charge on any atom is -0.494 e. The molecular weight excluding hydrogens is 543 g/mol. The Kier molecular flexibility index (Phi) is 8.51. The first-order valence-electron chi connectivity index (χ1n) is 8.05. The van der Waals surface area contributed by atoms with Gasteiger partial charge in [-0.3, -0.25) is 14.9 Å². The second-order valence-electron chi connectivity index (χ2n) is 5.66. The molecule has 160 valence electrons. The Bertz CT molecular complexity index is 957. The smallest absolute Gasteiger partial charge is 0.296 e. The molecule has 3 N–H and O–H groups in total. The van der Waals surface area contributed by atoms with Gasteiger partial charge in [0, 0.05) is 16.1 Å². The Morgan fingerprint density at radius 3 is 2.37 bits per heavy atom. The van der Waals surface area contributed by atoms with E-state index in [4.69, 9.17) is 51.8 Å². The number of benzene rings is 2. The van der Waals surface area contributed by atoms with Crippen LogP contribution in [0.5, 0.6) is 5.75 Å². The van der Waals surface area contributed by atoms with Crippen molar-refractivity contribution < 1.29 is 14.5 Å². The number of hydrogen-bond donors (Lipinski definition) is 3. The van der Waals surface area contributed by atoms with Crippen LogP contribution in [0.15, 0.2) is 46.9 Å². The van der Waals surface area contributed by atoms with E-state index in [0.717, 1.165) is 4.47 Å². The summed E-state index contributed by atoms with van der Waals surface area (Å²) in [5, 5.41) is 19.0. The summed E-state index contributed by atoms with van der Waals surface area (Å²) in [5.41, 5.74) is 0.0473. The van der Waals surface area contributed by atoms with Gasteiger partial charge in [0.25, 0.3) is 11.6 Å². The molecule has 0 radical (unpaired) electrons. The number of hydrogen-bond acceptors (Lipinski definition) is 5. The second-order valence-corrected chi connectivity index (χ2v) is 9.36. The summed E-state index contributed by atoms with van der Waals surface area (Å²) in [4.78, 5) is 23.2. The summed E-state index contributed by atoms with van der Waals surface area (Å²) in [7, 11) is 1.35. The second kappa shape index (κ2) is 10.5. The molecule has 0 aliphatic carbocycles. The van der Waals surface area contributed by atoms with Crippen LogP contribution in [0.1, 0.15) is 10.4 Å². The Morgan fingerprint density at radius 2 is 1.83 bits per heavy atom. The molecule has 2 rings (SSSR count). The van der Waals surface area contributed by atoms with Crippen LogP contribution in [0.3, 0.4) is 0 Å². The van der Waals surface area contributed by atoms with Crippen LogP contribution in [0.4, 0.5) is 11.4 Å². The van der Waals surface area contributed by atoms with Gasteiger partial charge in [-0.05, 0) is 42.5 Å². The zero-order valence-electron chi connectivity index (χ0n) is 15.1. The first kappa shape index (κ1) is 24.4. The molecule has 0 aliphatic rings. The lowest BCUT2D eigenvalue weighted by atomic mass is 10.2. The van der Waals surface area contributed by atoms with Crippen molar-refractivity contribution in [2.24, 2.45) is 0 Å². The fourth-order valence-electron chi connectivity index (χ4n) is 2.26. The van der Waals surface area contributed by atoms with Crippen molar-refractivity contribution in [3.8, 4) is 5.75 Å². The highest BCUT2D eigenvalue weighted by Crippen LogP contribution is 2.34. The number of halogens is 4. The van der Waals surface area contributed by atoms with Gasteiger partial charge in [-0.15, -0.1) is 0 Å². The Morgan fingerprint density at radius 1 is 1.20 bits per heavy atom. The Balaban J connectivity index is 2.20. The number of thiocarbonyl (C=S) groups is 1. The molecule has 2 aromatic carbocycles. The number of nitrogens with zero attached hydrogens (tertiary/aromatic N) is 1. The van der Waals surface area contributed by atoms with Gasteiger partial charge in [0.15, 0.2) is 10.8 Å². The highest BCUT2D eigenvalue weighted by atomic mass is 79.9. The lowest BCUT2D eigenvalue weighted by molar-refractivity contribution is -0.384. The zero-order valence-corrected chi connectivity index (χ0v) is 19.8. The Labute approximate surface area is 200 Å². The minimum atomic E-state index is -2.00. The number of carbonyl (C=O) groups is 1. The van der Waals surface area contributed by atoms with Crippen LogP contribution < -0.4 is 20.7 Å². The van der Waals surface area contributed by atoms with Crippen molar-refractivity contribution in [1.29, 1.82) is 0 Å². The minimum absolute atomic E-state index is 0.00445. The first-order chi connectivity index (χ1) is 14.0. The molecule has 2 aromatic rings. The number of rotatable bonds is 6. The number of carbonyl (C=O) groups excluding carboxylic acids is 1. The average Bonchev–Trinajstić information content (AvgIpc) is 2.67. The van der Waals surface area contributed by atoms with E-state index >= 15 is 0 Å². The third kappa shape index (κ3) is 6.58. The highest BCUT2D eigenvalue weighted by Gasteiger charge is 2.35. The molecule has 0 heterocycles. The number of anilines is 1. The predicted molar refractivity (Wildman–Crippen MR) is 125 cm³/mol. The molecule has 0 aliphatic heterocycles. The van der Waals surface area contributed by atoms with E-state index in [1.165, 1.54) is 25.3 Å². The molecule has 1 atom stereocenters. The molecule has 0 bridgehead atoms. The monoisotopic (exact) mass is 554 g/mol.